The Hall–Kier alpha value is -1.15. The van der Waals surface area contributed by atoms with Gasteiger partial charge in [0.1, 0.15) is 11.7 Å². The lowest BCUT2D eigenvalue weighted by molar-refractivity contribution is -0.156. The lowest BCUT2D eigenvalue weighted by atomic mass is 9.46. The van der Waals surface area contributed by atoms with Gasteiger partial charge in [0, 0.05) is 6.04 Å². The van der Waals surface area contributed by atoms with Crippen LogP contribution in [0.5, 0.6) is 0 Å². The van der Waals surface area contributed by atoms with Crippen LogP contribution in [0.15, 0.2) is 0 Å². The molecule has 24 heavy (non-hydrogen) atoms. The molecular weight excluding hydrogens is 305 g/mol. The highest BCUT2D eigenvalue weighted by molar-refractivity contribution is 5.84. The Morgan fingerprint density at radius 2 is 1.88 bits per heavy atom. The molecular formula is C19H28FN3O. The number of likely N-dealkylation sites (tertiary alicyclic amines) is 1. The minimum absolute atomic E-state index is 0.0291. The Balaban J connectivity index is 1.61. The molecule has 1 heterocycles. The lowest BCUT2D eigenvalue weighted by Crippen LogP contribution is -2.64. The molecule has 5 rings (SSSR count). The molecule has 4 saturated carbocycles. The first kappa shape index (κ1) is 16.3. The first-order valence-corrected chi connectivity index (χ1v) is 9.43. The van der Waals surface area contributed by atoms with Crippen LogP contribution in [0.1, 0.15) is 58.8 Å². The highest BCUT2D eigenvalue weighted by Crippen LogP contribution is 2.64. The zero-order chi connectivity index (χ0) is 17.3. The summed E-state index contributed by atoms with van der Waals surface area (Å²) >= 11 is 0. The number of nitrogens with zero attached hydrogens (tertiary/aromatic N) is 2. The average molecular weight is 333 g/mol. The number of rotatable bonds is 2. The van der Waals surface area contributed by atoms with Crippen molar-refractivity contribution in [3.05, 3.63) is 0 Å². The molecule has 3 unspecified atom stereocenters. The average Bonchev–Trinajstić information content (AvgIpc) is 2.78. The maximum absolute atomic E-state index is 15.2. The standard InChI is InChI=1S/C19H28FN3O/c1-11-3-15(9-21)23(12(11)2)17(24)16(22)18-5-13-4-14(6-18)8-19(20,7-13)10-18/h11-16H,3-8,10,22H2,1-2H3/t11-,12?,13?,14?,15-,16+,18?,19?/m0/s1. The van der Waals surface area contributed by atoms with Gasteiger partial charge >= 0.3 is 0 Å². The quantitative estimate of drug-likeness (QED) is 0.845. The highest BCUT2D eigenvalue weighted by Gasteiger charge is 2.62. The molecule has 5 fully saturated rings. The van der Waals surface area contributed by atoms with Crippen LogP contribution in [0, 0.1) is 34.5 Å². The van der Waals surface area contributed by atoms with Gasteiger partial charge in [0.15, 0.2) is 0 Å². The number of nitrogens with two attached hydrogens (primary N) is 1. The molecule has 1 amide bonds. The number of alkyl halides is 1. The smallest absolute Gasteiger partial charge is 0.241 e. The van der Waals surface area contributed by atoms with Crippen LogP contribution in [0.2, 0.25) is 0 Å². The van der Waals surface area contributed by atoms with Crippen LogP contribution in [0.4, 0.5) is 4.39 Å². The fourth-order valence-corrected chi connectivity index (χ4v) is 6.70. The second-order valence-corrected chi connectivity index (χ2v) is 9.30. The fraction of sp³-hybridized carbons (Fsp3) is 0.895. The second kappa shape index (κ2) is 5.17. The van der Waals surface area contributed by atoms with Gasteiger partial charge in [0.2, 0.25) is 5.91 Å². The largest absolute Gasteiger partial charge is 0.322 e. The van der Waals surface area contributed by atoms with E-state index >= 15 is 4.39 Å². The van der Waals surface area contributed by atoms with Gasteiger partial charge in [-0.15, -0.1) is 0 Å². The second-order valence-electron chi connectivity index (χ2n) is 9.30. The number of carbonyl (C=O) groups is 1. The molecule has 5 aliphatic rings. The third-order valence-electron chi connectivity index (χ3n) is 7.56. The highest BCUT2D eigenvalue weighted by atomic mass is 19.1. The van der Waals surface area contributed by atoms with Crippen LogP contribution in [0.3, 0.4) is 0 Å². The molecule has 2 N–H and O–H groups in total. The summed E-state index contributed by atoms with van der Waals surface area (Å²) in [5.74, 6) is 0.951. The third kappa shape index (κ3) is 2.22. The predicted molar refractivity (Wildman–Crippen MR) is 88.4 cm³/mol. The molecule has 5 heteroatoms. The molecule has 4 aliphatic carbocycles. The number of nitriles is 1. The summed E-state index contributed by atoms with van der Waals surface area (Å²) in [7, 11) is 0. The monoisotopic (exact) mass is 333 g/mol. The molecule has 1 saturated heterocycles. The Morgan fingerprint density at radius 3 is 2.42 bits per heavy atom. The predicted octanol–water partition coefficient (Wildman–Crippen LogP) is 2.77. The molecule has 0 aromatic carbocycles. The Morgan fingerprint density at radius 1 is 1.25 bits per heavy atom. The van der Waals surface area contributed by atoms with Crippen molar-refractivity contribution in [1.82, 2.24) is 4.90 Å². The van der Waals surface area contributed by atoms with E-state index in [0.717, 1.165) is 19.3 Å². The van der Waals surface area contributed by atoms with E-state index in [1.165, 1.54) is 0 Å². The number of hydrogen-bond acceptors (Lipinski definition) is 3. The summed E-state index contributed by atoms with van der Waals surface area (Å²) in [5.41, 5.74) is 5.01. The van der Waals surface area contributed by atoms with E-state index in [1.54, 1.807) is 4.90 Å². The van der Waals surface area contributed by atoms with Crippen LogP contribution >= 0.6 is 0 Å². The van der Waals surface area contributed by atoms with Crippen molar-refractivity contribution in [3.63, 3.8) is 0 Å². The van der Waals surface area contributed by atoms with Crippen molar-refractivity contribution in [2.45, 2.75) is 82.6 Å². The zero-order valence-corrected chi connectivity index (χ0v) is 14.7. The van der Waals surface area contributed by atoms with E-state index in [9.17, 15) is 10.1 Å². The number of halogens is 1. The van der Waals surface area contributed by atoms with Gasteiger partial charge in [-0.1, -0.05) is 6.92 Å². The molecule has 0 spiro atoms. The van der Waals surface area contributed by atoms with E-state index in [4.69, 9.17) is 5.73 Å². The first-order chi connectivity index (χ1) is 11.3. The van der Waals surface area contributed by atoms with Gasteiger partial charge in [-0.2, -0.15) is 5.26 Å². The number of carbonyl (C=O) groups excluding carboxylic acids is 1. The topological polar surface area (TPSA) is 70.1 Å². The Labute approximate surface area is 143 Å². The lowest BCUT2D eigenvalue weighted by Gasteiger charge is -2.60. The van der Waals surface area contributed by atoms with E-state index in [-0.39, 0.29) is 23.4 Å². The van der Waals surface area contributed by atoms with E-state index in [1.807, 2.05) is 6.92 Å². The summed E-state index contributed by atoms with van der Waals surface area (Å²) < 4.78 is 15.2. The maximum atomic E-state index is 15.2. The molecule has 4 bridgehead atoms. The summed E-state index contributed by atoms with van der Waals surface area (Å²) in [5, 5.41) is 9.43. The third-order valence-corrected chi connectivity index (χ3v) is 7.56. The maximum Gasteiger partial charge on any atom is 0.241 e. The van der Waals surface area contributed by atoms with E-state index < -0.39 is 11.7 Å². The minimum atomic E-state index is -1.11. The normalized spacial score (nSPS) is 50.8. The first-order valence-electron chi connectivity index (χ1n) is 9.43. The van der Waals surface area contributed by atoms with Crippen molar-refractivity contribution in [3.8, 4) is 6.07 Å². The van der Waals surface area contributed by atoms with Crippen molar-refractivity contribution < 1.29 is 9.18 Å². The van der Waals surface area contributed by atoms with Gasteiger partial charge in [-0.25, -0.2) is 4.39 Å². The molecule has 1 aliphatic heterocycles. The van der Waals surface area contributed by atoms with E-state index in [0.29, 0.717) is 43.4 Å². The minimum Gasteiger partial charge on any atom is -0.322 e. The fourth-order valence-electron chi connectivity index (χ4n) is 6.70. The van der Waals surface area contributed by atoms with Gasteiger partial charge in [0.05, 0.1) is 12.1 Å². The van der Waals surface area contributed by atoms with Gasteiger partial charge in [-0.3, -0.25) is 4.79 Å². The number of hydrogen-bond donors (Lipinski definition) is 1. The SMILES string of the molecule is CC1[C@@H](C)C[C@@H](C#N)N1C(=O)[C@@H](N)C12CC3CC(CC(F)(C3)C1)C2. The molecule has 0 aromatic heterocycles. The van der Waals surface area contributed by atoms with Gasteiger partial charge in [-0.05, 0) is 75.0 Å². The van der Waals surface area contributed by atoms with Crippen LogP contribution in [0.25, 0.3) is 0 Å². The summed E-state index contributed by atoms with van der Waals surface area (Å²) in [6.07, 6.45) is 5.34. The Kier molecular flexibility index (Phi) is 3.52. The molecule has 6 atom stereocenters. The molecule has 0 radical (unpaired) electrons. The molecule has 132 valence electrons. The number of amides is 1. The van der Waals surface area contributed by atoms with Gasteiger partial charge in [0.25, 0.3) is 0 Å². The van der Waals surface area contributed by atoms with Crippen LogP contribution < -0.4 is 5.73 Å². The van der Waals surface area contributed by atoms with Crippen LogP contribution in [-0.4, -0.2) is 34.6 Å². The van der Waals surface area contributed by atoms with Crippen molar-refractivity contribution in [2.24, 2.45) is 28.9 Å². The van der Waals surface area contributed by atoms with Crippen LogP contribution in [-0.2, 0) is 4.79 Å². The van der Waals surface area contributed by atoms with E-state index in [2.05, 4.69) is 13.0 Å². The van der Waals surface area contributed by atoms with Crippen molar-refractivity contribution >= 4 is 5.91 Å². The summed E-state index contributed by atoms with van der Waals surface area (Å²) in [6, 6.07) is 1.24. The van der Waals surface area contributed by atoms with Crippen molar-refractivity contribution in [1.29, 1.82) is 5.26 Å². The van der Waals surface area contributed by atoms with Gasteiger partial charge < -0.3 is 10.6 Å². The summed E-state index contributed by atoms with van der Waals surface area (Å²) in [4.78, 5) is 14.9. The molecule has 4 nitrogen and oxygen atoms in total. The summed E-state index contributed by atoms with van der Waals surface area (Å²) in [6.45, 7) is 4.08. The van der Waals surface area contributed by atoms with Crippen molar-refractivity contribution in [2.75, 3.05) is 0 Å². The zero-order valence-electron chi connectivity index (χ0n) is 14.7. The Bertz CT molecular complexity index is 586. The molecule has 0 aromatic rings.